The number of carbonyl (C=O) groups excluding carboxylic acids is 2. The lowest BCUT2D eigenvalue weighted by atomic mass is 9.86. The number of Topliss-reactive ketones (excluding diaryl/α,β-unsaturated/α-hetero) is 2. The van der Waals surface area contributed by atoms with Crippen molar-refractivity contribution in [3.05, 3.63) is 131 Å². The van der Waals surface area contributed by atoms with E-state index >= 15 is 0 Å². The maximum absolute atomic E-state index is 14.4. The minimum absolute atomic E-state index is 0.0615. The second-order valence-electron chi connectivity index (χ2n) is 11.2. The van der Waals surface area contributed by atoms with Crippen molar-refractivity contribution in [2.45, 2.75) is 51.7 Å². The topological polar surface area (TPSA) is 64.8 Å². The minimum Gasteiger partial charge on any atom is -0.298 e. The first kappa shape index (κ1) is 33.3. The monoisotopic (exact) mass is 649 g/mol. The number of ketones is 2. The molecule has 1 atom stereocenters. The van der Waals surface area contributed by atoms with Crippen LogP contribution < -0.4 is 0 Å². The molecule has 5 aromatic rings. The van der Waals surface area contributed by atoms with Crippen LogP contribution in [0.5, 0.6) is 0 Å². The molecule has 5 rings (SSSR count). The molecule has 2 heterocycles. The van der Waals surface area contributed by atoms with Gasteiger partial charge < -0.3 is 0 Å². The summed E-state index contributed by atoms with van der Waals surface area (Å²) in [5, 5.41) is 3.84. The summed E-state index contributed by atoms with van der Waals surface area (Å²) in [5.41, 5.74) is 0.579. The molecule has 0 fully saturated rings. The number of rotatable bonds is 11. The quantitative estimate of drug-likeness (QED) is 0.106. The van der Waals surface area contributed by atoms with E-state index in [0.29, 0.717) is 28.5 Å². The van der Waals surface area contributed by atoms with Crippen LogP contribution >= 0.6 is 0 Å². The van der Waals surface area contributed by atoms with Crippen LogP contribution in [0.1, 0.15) is 59.2 Å². The van der Waals surface area contributed by atoms with Gasteiger partial charge in [-0.2, -0.15) is 18.3 Å². The van der Waals surface area contributed by atoms with Gasteiger partial charge in [0.25, 0.3) is 0 Å². The maximum atomic E-state index is 14.4. The van der Waals surface area contributed by atoms with Crippen molar-refractivity contribution in [3.8, 4) is 22.3 Å². The smallest absolute Gasteiger partial charge is 0.298 e. The Morgan fingerprint density at radius 3 is 2.21 bits per heavy atom. The van der Waals surface area contributed by atoms with Gasteiger partial charge in [0.15, 0.2) is 17.3 Å². The third-order valence-electron chi connectivity index (χ3n) is 7.81. The van der Waals surface area contributed by atoms with Crippen molar-refractivity contribution in [3.63, 3.8) is 0 Å². The van der Waals surface area contributed by atoms with E-state index in [1.807, 2.05) is 0 Å². The van der Waals surface area contributed by atoms with Gasteiger partial charge in [0.05, 0.1) is 17.8 Å². The zero-order valence-electron chi connectivity index (χ0n) is 25.4. The van der Waals surface area contributed by atoms with Gasteiger partial charge in [0.1, 0.15) is 17.5 Å². The molecule has 3 aromatic carbocycles. The molecule has 0 amide bonds. The first-order valence-electron chi connectivity index (χ1n) is 14.8. The number of nitrogens with zero attached hydrogens (tertiary/aromatic N) is 3. The number of aromatic nitrogens is 3. The summed E-state index contributed by atoms with van der Waals surface area (Å²) in [6.07, 6.45) is -3.52. The fourth-order valence-corrected chi connectivity index (χ4v) is 5.83. The van der Waals surface area contributed by atoms with Gasteiger partial charge in [-0.05, 0) is 66.8 Å². The summed E-state index contributed by atoms with van der Waals surface area (Å²) in [6.45, 7) is 2.39. The first-order chi connectivity index (χ1) is 22.3. The summed E-state index contributed by atoms with van der Waals surface area (Å²) < 4.78 is 86.4. The zero-order chi connectivity index (χ0) is 33.9. The minimum atomic E-state index is -4.79. The lowest BCUT2D eigenvalue weighted by Crippen LogP contribution is -2.19. The zero-order valence-corrected chi connectivity index (χ0v) is 25.4. The van der Waals surface area contributed by atoms with Crippen LogP contribution in [0.2, 0.25) is 0 Å². The number of benzene rings is 3. The molecule has 0 aliphatic carbocycles. The Bertz CT molecular complexity index is 1920. The average Bonchev–Trinajstić information content (AvgIpc) is 3.39. The Morgan fingerprint density at radius 2 is 1.57 bits per heavy atom. The Balaban J connectivity index is 1.56. The number of hydrogen-bond donors (Lipinski definition) is 0. The summed E-state index contributed by atoms with van der Waals surface area (Å²) in [6, 6.07) is 18.2. The number of carbonyl (C=O) groups is 2. The van der Waals surface area contributed by atoms with Crippen LogP contribution in [0.25, 0.3) is 22.3 Å². The van der Waals surface area contributed by atoms with Crippen LogP contribution in [0.4, 0.5) is 26.3 Å². The third-order valence-corrected chi connectivity index (χ3v) is 7.81. The summed E-state index contributed by atoms with van der Waals surface area (Å²) in [7, 11) is 0. The van der Waals surface area contributed by atoms with Crippen molar-refractivity contribution in [1.82, 2.24) is 14.8 Å². The highest BCUT2D eigenvalue weighted by molar-refractivity contribution is 5.95. The van der Waals surface area contributed by atoms with Gasteiger partial charge in [0.2, 0.25) is 0 Å². The van der Waals surface area contributed by atoms with Crippen molar-refractivity contribution >= 4 is 11.6 Å². The van der Waals surface area contributed by atoms with Crippen molar-refractivity contribution in [1.29, 1.82) is 0 Å². The summed E-state index contributed by atoms with van der Waals surface area (Å²) in [5.74, 6) is -4.19. The first-order valence-corrected chi connectivity index (χ1v) is 14.8. The summed E-state index contributed by atoms with van der Waals surface area (Å²) >= 11 is 0. The van der Waals surface area contributed by atoms with Crippen molar-refractivity contribution in [2.24, 2.45) is 0 Å². The van der Waals surface area contributed by atoms with Gasteiger partial charge in [-0.1, -0.05) is 49.4 Å². The molecule has 0 saturated heterocycles. The van der Waals surface area contributed by atoms with Crippen LogP contribution in [-0.4, -0.2) is 26.3 Å². The Kier molecular flexibility index (Phi) is 9.74. The molecule has 242 valence electrons. The standard InChI is InChI=1S/C36H29F6N3O2/c1-3-32-33(23-8-5-4-6-9-23)35(36(40,41)42)44-45(32)20-28(47)17-25(14-22-15-26(37)19-27(38)16-22)34-29(10-7-13-43-34)24-11-12-31(39)30(18-24)21(2)46/h4-13,15-16,18-19,25H,3,14,17,20H2,1-2H3/t25-/m1/s1. The molecule has 0 bridgehead atoms. The molecule has 0 radical (unpaired) electrons. The molecular weight excluding hydrogens is 620 g/mol. The summed E-state index contributed by atoms with van der Waals surface area (Å²) in [4.78, 5) is 30.3. The Hall–Kier alpha value is -5.06. The molecule has 2 aromatic heterocycles. The molecule has 0 spiro atoms. The largest absolute Gasteiger partial charge is 0.435 e. The average molecular weight is 650 g/mol. The maximum Gasteiger partial charge on any atom is 0.435 e. The molecular formula is C36H29F6N3O2. The van der Waals surface area contributed by atoms with Crippen LogP contribution in [0, 0.1) is 17.5 Å². The van der Waals surface area contributed by atoms with E-state index < -0.39 is 53.4 Å². The van der Waals surface area contributed by atoms with Crippen molar-refractivity contribution < 1.29 is 35.9 Å². The van der Waals surface area contributed by atoms with Gasteiger partial charge in [-0.15, -0.1) is 0 Å². The van der Waals surface area contributed by atoms with E-state index in [1.54, 1.807) is 49.4 Å². The van der Waals surface area contributed by atoms with E-state index in [4.69, 9.17) is 0 Å². The number of pyridine rings is 1. The predicted octanol–water partition coefficient (Wildman–Crippen LogP) is 8.80. The molecule has 5 nitrogen and oxygen atoms in total. The Labute approximate surface area is 266 Å². The van der Waals surface area contributed by atoms with Crippen molar-refractivity contribution in [2.75, 3.05) is 0 Å². The molecule has 0 aliphatic heterocycles. The number of hydrogen-bond acceptors (Lipinski definition) is 4. The van der Waals surface area contributed by atoms with Crippen LogP contribution in [0.3, 0.4) is 0 Å². The Morgan fingerprint density at radius 1 is 0.872 bits per heavy atom. The third kappa shape index (κ3) is 7.51. The highest BCUT2D eigenvalue weighted by Gasteiger charge is 2.39. The fraction of sp³-hybridized carbons (Fsp3) is 0.222. The second kappa shape index (κ2) is 13.7. The van der Waals surface area contributed by atoms with Crippen LogP contribution in [-0.2, 0) is 30.4 Å². The van der Waals surface area contributed by atoms with Gasteiger partial charge in [-0.25, -0.2) is 13.2 Å². The molecule has 0 aliphatic rings. The lowest BCUT2D eigenvalue weighted by Gasteiger charge is -2.20. The fourth-order valence-electron chi connectivity index (χ4n) is 5.83. The van der Waals surface area contributed by atoms with E-state index in [0.717, 1.165) is 22.9 Å². The van der Waals surface area contributed by atoms with E-state index in [1.165, 1.54) is 25.3 Å². The predicted molar refractivity (Wildman–Crippen MR) is 164 cm³/mol. The van der Waals surface area contributed by atoms with E-state index in [-0.39, 0.29) is 41.6 Å². The molecule has 47 heavy (non-hydrogen) atoms. The second-order valence-corrected chi connectivity index (χ2v) is 11.2. The van der Waals surface area contributed by atoms with Gasteiger partial charge in [-0.3, -0.25) is 19.3 Å². The highest BCUT2D eigenvalue weighted by Crippen LogP contribution is 2.39. The van der Waals surface area contributed by atoms with E-state index in [2.05, 4.69) is 10.1 Å². The lowest BCUT2D eigenvalue weighted by molar-refractivity contribution is -0.141. The molecule has 11 heteroatoms. The van der Waals surface area contributed by atoms with Crippen LogP contribution in [0.15, 0.2) is 85.1 Å². The highest BCUT2D eigenvalue weighted by atomic mass is 19.4. The molecule has 0 saturated carbocycles. The SMILES string of the molecule is CCc1c(-c2ccccc2)c(C(F)(F)F)nn1CC(=O)C[C@@H](Cc1cc(F)cc(F)c1)c1ncccc1-c1ccc(F)c(C(C)=O)c1. The molecule has 0 unspecified atom stereocenters. The number of alkyl halides is 3. The normalized spacial score (nSPS) is 12.3. The van der Waals surface area contributed by atoms with Gasteiger partial charge >= 0.3 is 6.18 Å². The van der Waals surface area contributed by atoms with Gasteiger partial charge in [0, 0.05) is 41.4 Å². The number of halogens is 6. The van der Waals surface area contributed by atoms with E-state index in [9.17, 15) is 35.9 Å². The molecule has 0 N–H and O–H groups in total.